The molecule has 0 amide bonds. The summed E-state index contributed by atoms with van der Waals surface area (Å²) in [6.07, 6.45) is 5.45. The van der Waals surface area contributed by atoms with Crippen molar-refractivity contribution in [3.63, 3.8) is 0 Å². The first-order chi connectivity index (χ1) is 17.4. The molecule has 0 unspecified atom stereocenters. The molecule has 0 saturated carbocycles. The summed E-state index contributed by atoms with van der Waals surface area (Å²) in [7, 11) is 3.43. The Balaban J connectivity index is 1.34. The number of carbonyl (C=O) groups is 1. The third kappa shape index (κ3) is 4.33. The van der Waals surface area contributed by atoms with Crippen LogP contribution in [0.3, 0.4) is 0 Å². The number of aromatic nitrogens is 3. The zero-order valence-electron chi connectivity index (χ0n) is 20.7. The zero-order chi connectivity index (χ0) is 25.4. The zero-order valence-corrected chi connectivity index (χ0v) is 20.7. The maximum Gasteiger partial charge on any atom is 0.337 e. The van der Waals surface area contributed by atoms with Gasteiger partial charge in [0, 0.05) is 42.1 Å². The molecule has 2 N–H and O–H groups in total. The van der Waals surface area contributed by atoms with Crippen molar-refractivity contribution in [1.29, 1.82) is 0 Å². The number of rotatable bonds is 5. The van der Waals surface area contributed by atoms with Crippen LogP contribution in [0, 0.1) is 5.82 Å². The second-order valence-electron chi connectivity index (χ2n) is 9.41. The molecule has 4 heterocycles. The molecule has 8 heteroatoms. The van der Waals surface area contributed by atoms with E-state index in [-0.39, 0.29) is 17.8 Å². The first-order valence-corrected chi connectivity index (χ1v) is 12.2. The number of methoxy groups -OCH3 is 1. The third-order valence-electron chi connectivity index (χ3n) is 7.46. The SMILES string of the molecule is COC(=O)c1ccc(C2CCN([C@@H](C)c3cc4c(-c5cnc(N)c(F)c5)ccnc4n3C)CC2)cc1. The van der Waals surface area contributed by atoms with Crippen LogP contribution in [0.15, 0.2) is 54.9 Å². The van der Waals surface area contributed by atoms with Crippen molar-refractivity contribution in [2.45, 2.75) is 31.7 Å². The van der Waals surface area contributed by atoms with Gasteiger partial charge in [-0.2, -0.15) is 0 Å². The summed E-state index contributed by atoms with van der Waals surface area (Å²) in [5.41, 5.74) is 11.0. The summed E-state index contributed by atoms with van der Waals surface area (Å²) in [6, 6.07) is 13.5. The van der Waals surface area contributed by atoms with Crippen molar-refractivity contribution < 1.29 is 13.9 Å². The molecule has 1 aromatic carbocycles. The van der Waals surface area contributed by atoms with Crippen LogP contribution in [0.25, 0.3) is 22.2 Å². The summed E-state index contributed by atoms with van der Waals surface area (Å²) in [4.78, 5) is 22.8. The number of aryl methyl sites for hydroxylation is 1. The Kier molecular flexibility index (Phi) is 6.45. The number of esters is 1. The molecule has 1 aliphatic rings. The van der Waals surface area contributed by atoms with Crippen LogP contribution in [-0.4, -0.2) is 45.6 Å². The van der Waals surface area contributed by atoms with E-state index in [4.69, 9.17) is 10.5 Å². The van der Waals surface area contributed by atoms with Crippen LogP contribution in [0.1, 0.15) is 53.3 Å². The largest absolute Gasteiger partial charge is 0.465 e. The number of anilines is 1. The first kappa shape index (κ1) is 23.9. The molecule has 0 aliphatic carbocycles. The molecular formula is C28H30FN5O2. The molecule has 0 radical (unpaired) electrons. The van der Waals surface area contributed by atoms with Gasteiger partial charge in [0.05, 0.1) is 12.7 Å². The van der Waals surface area contributed by atoms with E-state index in [0.717, 1.165) is 48.2 Å². The number of likely N-dealkylation sites (tertiary alicyclic amines) is 1. The maximum atomic E-state index is 14.1. The Hall–Kier alpha value is -3.78. The molecule has 1 saturated heterocycles. The first-order valence-electron chi connectivity index (χ1n) is 12.2. The number of hydrogen-bond acceptors (Lipinski definition) is 6. The molecule has 186 valence electrons. The van der Waals surface area contributed by atoms with E-state index in [1.54, 1.807) is 12.4 Å². The van der Waals surface area contributed by atoms with Crippen molar-refractivity contribution in [3.05, 3.63) is 77.5 Å². The number of nitrogens with two attached hydrogens (primary N) is 1. The number of nitrogen functional groups attached to an aromatic ring is 1. The molecule has 1 aliphatic heterocycles. The van der Waals surface area contributed by atoms with Crippen molar-refractivity contribution in [2.24, 2.45) is 7.05 Å². The second-order valence-corrected chi connectivity index (χ2v) is 9.41. The standard InChI is InChI=1S/C28H30FN5O2/c1-17(34-12-9-19(10-13-34)18-4-6-20(7-5-18)28(35)36-3)25-15-23-22(8-11-31-27(23)33(25)2)21-14-24(29)26(30)32-16-21/h4-8,11,14-17,19H,9-10,12-13H2,1-3H3,(H2,30,32)/t17-/m0/s1. The van der Waals surface area contributed by atoms with Gasteiger partial charge in [0.1, 0.15) is 5.65 Å². The Labute approximate surface area is 209 Å². The fourth-order valence-corrected chi connectivity index (χ4v) is 5.30. The van der Waals surface area contributed by atoms with E-state index in [1.165, 1.54) is 18.7 Å². The van der Waals surface area contributed by atoms with Crippen LogP contribution in [0.4, 0.5) is 10.2 Å². The molecular weight excluding hydrogens is 457 g/mol. The van der Waals surface area contributed by atoms with Crippen molar-refractivity contribution in [2.75, 3.05) is 25.9 Å². The topological polar surface area (TPSA) is 86.3 Å². The average molecular weight is 488 g/mol. The highest BCUT2D eigenvalue weighted by Crippen LogP contribution is 2.36. The van der Waals surface area contributed by atoms with E-state index < -0.39 is 5.82 Å². The van der Waals surface area contributed by atoms with Crippen LogP contribution in [0.2, 0.25) is 0 Å². The molecule has 5 rings (SSSR count). The molecule has 36 heavy (non-hydrogen) atoms. The predicted octanol–water partition coefficient (Wildman–Crippen LogP) is 5.08. The number of piperidine rings is 1. The minimum absolute atomic E-state index is 0.103. The number of benzene rings is 1. The lowest BCUT2D eigenvalue weighted by Gasteiger charge is -2.36. The van der Waals surface area contributed by atoms with Crippen LogP contribution in [-0.2, 0) is 11.8 Å². The molecule has 3 aromatic heterocycles. The Morgan fingerprint density at radius 1 is 1.14 bits per heavy atom. The second kappa shape index (κ2) is 9.70. The molecule has 0 spiro atoms. The number of ether oxygens (including phenoxy) is 1. The summed E-state index contributed by atoms with van der Waals surface area (Å²) in [5, 5.41) is 0.966. The van der Waals surface area contributed by atoms with Crippen LogP contribution in [0.5, 0.6) is 0 Å². The minimum atomic E-state index is -0.523. The van der Waals surface area contributed by atoms with Gasteiger partial charge < -0.3 is 15.0 Å². The lowest BCUT2D eigenvalue weighted by Crippen LogP contribution is -2.35. The van der Waals surface area contributed by atoms with Gasteiger partial charge in [0.15, 0.2) is 11.6 Å². The number of hydrogen-bond donors (Lipinski definition) is 1. The van der Waals surface area contributed by atoms with Crippen LogP contribution < -0.4 is 5.73 Å². The summed E-state index contributed by atoms with van der Waals surface area (Å²) in [5.74, 6) is -0.469. The average Bonchev–Trinajstić information content (AvgIpc) is 3.26. The van der Waals surface area contributed by atoms with E-state index >= 15 is 0 Å². The summed E-state index contributed by atoms with van der Waals surface area (Å²) in [6.45, 7) is 4.17. The highest BCUT2D eigenvalue weighted by Gasteiger charge is 2.27. The highest BCUT2D eigenvalue weighted by molar-refractivity contribution is 5.94. The summed E-state index contributed by atoms with van der Waals surface area (Å²) < 4.78 is 21.0. The fraction of sp³-hybridized carbons (Fsp3) is 0.321. The molecule has 4 aromatic rings. The van der Waals surface area contributed by atoms with Gasteiger partial charge in [-0.05, 0) is 80.2 Å². The van der Waals surface area contributed by atoms with Gasteiger partial charge in [-0.1, -0.05) is 12.1 Å². The Morgan fingerprint density at radius 2 is 1.86 bits per heavy atom. The minimum Gasteiger partial charge on any atom is -0.465 e. The third-order valence-corrected chi connectivity index (χ3v) is 7.46. The number of halogens is 1. The van der Waals surface area contributed by atoms with Crippen molar-refractivity contribution in [3.8, 4) is 11.1 Å². The normalized spacial score (nSPS) is 15.8. The highest BCUT2D eigenvalue weighted by atomic mass is 19.1. The molecule has 1 atom stereocenters. The quantitative estimate of drug-likeness (QED) is 0.395. The van der Waals surface area contributed by atoms with Crippen molar-refractivity contribution in [1.82, 2.24) is 19.4 Å². The predicted molar refractivity (Wildman–Crippen MR) is 138 cm³/mol. The lowest BCUT2D eigenvalue weighted by molar-refractivity contribution is 0.0600. The maximum absolute atomic E-state index is 14.1. The lowest BCUT2D eigenvalue weighted by atomic mass is 9.88. The fourth-order valence-electron chi connectivity index (χ4n) is 5.30. The van der Waals surface area contributed by atoms with E-state index in [1.807, 2.05) is 37.4 Å². The van der Waals surface area contributed by atoms with Gasteiger partial charge in [-0.3, -0.25) is 4.90 Å². The summed E-state index contributed by atoms with van der Waals surface area (Å²) >= 11 is 0. The van der Waals surface area contributed by atoms with Gasteiger partial charge in [0.2, 0.25) is 0 Å². The van der Waals surface area contributed by atoms with E-state index in [2.05, 4.69) is 32.4 Å². The van der Waals surface area contributed by atoms with Crippen LogP contribution >= 0.6 is 0 Å². The smallest absolute Gasteiger partial charge is 0.337 e. The number of fused-ring (bicyclic) bond motifs is 1. The van der Waals surface area contributed by atoms with E-state index in [0.29, 0.717) is 17.0 Å². The Morgan fingerprint density at radius 3 is 2.53 bits per heavy atom. The molecule has 0 bridgehead atoms. The molecule has 7 nitrogen and oxygen atoms in total. The Bertz CT molecular complexity index is 1410. The van der Waals surface area contributed by atoms with Gasteiger partial charge in [-0.15, -0.1) is 0 Å². The monoisotopic (exact) mass is 487 g/mol. The molecule has 1 fully saturated rings. The van der Waals surface area contributed by atoms with Gasteiger partial charge in [0.25, 0.3) is 0 Å². The van der Waals surface area contributed by atoms with Gasteiger partial charge >= 0.3 is 5.97 Å². The van der Waals surface area contributed by atoms with Crippen molar-refractivity contribution >= 4 is 22.8 Å². The number of pyridine rings is 2. The van der Waals surface area contributed by atoms with Gasteiger partial charge in [-0.25, -0.2) is 19.2 Å². The number of carbonyl (C=O) groups excluding carboxylic acids is 1. The number of nitrogens with zero attached hydrogens (tertiary/aromatic N) is 4. The van der Waals surface area contributed by atoms with E-state index in [9.17, 15) is 9.18 Å².